The second-order valence-electron chi connectivity index (χ2n) is 8.92. The number of fused-ring (bicyclic) bond motifs is 7. The van der Waals surface area contributed by atoms with E-state index in [2.05, 4.69) is 0 Å². The van der Waals surface area contributed by atoms with Crippen LogP contribution in [-0.4, -0.2) is 4.98 Å². The highest BCUT2D eigenvalue weighted by Crippen LogP contribution is 2.52. The molecule has 0 N–H and O–H groups in total. The van der Waals surface area contributed by atoms with Gasteiger partial charge in [-0.05, 0) is 46.7 Å². The van der Waals surface area contributed by atoms with Gasteiger partial charge in [0.05, 0.1) is 5.56 Å². The van der Waals surface area contributed by atoms with Gasteiger partial charge in [-0.1, -0.05) is 57.8 Å². The van der Waals surface area contributed by atoms with Crippen LogP contribution in [0.1, 0.15) is 69.3 Å². The summed E-state index contributed by atoms with van der Waals surface area (Å²) >= 11 is 0. The zero-order valence-electron chi connectivity index (χ0n) is 28.6. The average molecular weight is 444 g/mol. The fourth-order valence-electron chi connectivity index (χ4n) is 5.08. The number of nitrogens with zero attached hydrogens (tertiary/aromatic N) is 2. The van der Waals surface area contributed by atoms with Crippen LogP contribution >= 0.6 is 0 Å². The maximum absolute atomic E-state index is 8.73. The Morgan fingerprint density at radius 3 is 2.73 bits per heavy atom. The van der Waals surface area contributed by atoms with Gasteiger partial charge in [0, 0.05) is 48.4 Å². The van der Waals surface area contributed by atoms with Gasteiger partial charge in [-0.25, -0.2) is 4.57 Å². The van der Waals surface area contributed by atoms with Crippen molar-refractivity contribution in [2.45, 2.75) is 45.7 Å². The molecule has 0 bridgehead atoms. The van der Waals surface area contributed by atoms with Crippen LogP contribution in [0.15, 0.2) is 65.3 Å². The zero-order valence-corrected chi connectivity index (χ0v) is 18.6. The highest BCUT2D eigenvalue weighted by Gasteiger charge is 2.38. The molecule has 0 spiro atoms. The number of pyridine rings is 2. The second kappa shape index (κ2) is 6.77. The molecule has 0 aliphatic heterocycles. The number of hydrogen-bond donors (Lipinski definition) is 0. The number of aromatic nitrogens is 2. The molecular weight excluding hydrogens is 404 g/mol. The molecule has 2 aromatic carbocycles. The third kappa shape index (κ3) is 2.68. The maximum Gasteiger partial charge on any atom is 0.216 e. The fourth-order valence-corrected chi connectivity index (χ4v) is 5.08. The van der Waals surface area contributed by atoms with E-state index in [1.54, 1.807) is 30.9 Å². The van der Waals surface area contributed by atoms with Crippen molar-refractivity contribution in [2.24, 2.45) is 7.05 Å². The largest absolute Gasteiger partial charge is 0.453 e. The molecule has 6 rings (SSSR count). The highest BCUT2D eigenvalue weighted by atomic mass is 16.3. The van der Waals surface area contributed by atoms with Gasteiger partial charge in [0.1, 0.15) is 12.6 Å². The van der Waals surface area contributed by atoms with E-state index in [1.807, 2.05) is 43.3 Å². The molecule has 1 atom stereocenters. The van der Waals surface area contributed by atoms with E-state index in [0.717, 1.165) is 11.1 Å². The van der Waals surface area contributed by atoms with E-state index in [-0.39, 0.29) is 5.56 Å². The SMILES string of the molecule is [2H]C([2H])([2H])C1(C)c2ccccc2-c2c1cnc1c2oc2c(-c3cc(C([2H])(C([2H])([2H])[2H])C([2H])([2H])[2H])cc[n+]3C)c(C)ccc21. The van der Waals surface area contributed by atoms with E-state index in [9.17, 15) is 0 Å². The van der Waals surface area contributed by atoms with E-state index in [1.165, 1.54) is 12.1 Å². The topological polar surface area (TPSA) is 29.9 Å². The molecule has 5 aromatic rings. The number of rotatable bonds is 2. The minimum absolute atomic E-state index is 0.172. The smallest absolute Gasteiger partial charge is 0.216 e. The van der Waals surface area contributed by atoms with Gasteiger partial charge in [0.15, 0.2) is 17.4 Å². The Hall–Kier alpha value is -3.46. The standard InChI is InChI=1S/C30H29N2O/c1-17(2)19-13-14-32(6)24(15-19)25-18(3)11-12-21-27-29(33-28(21)25)26-20-9-7-8-10-22(20)30(4,5)23(26)16-31-27/h7-17H,1-6H3/q+1/i1D3,2D3,4D3,17D. The molecule has 3 heterocycles. The first-order valence-corrected chi connectivity index (χ1v) is 10.8. The summed E-state index contributed by atoms with van der Waals surface area (Å²) in [6.07, 6.45) is 3.15. The molecule has 0 fully saturated rings. The minimum atomic E-state index is -3.14. The summed E-state index contributed by atoms with van der Waals surface area (Å²) in [6, 6.07) is 13.9. The summed E-state index contributed by atoms with van der Waals surface area (Å²) in [7, 11) is 1.74. The summed E-state index contributed by atoms with van der Waals surface area (Å²) in [6.45, 7) is -5.08. The third-order valence-corrected chi connectivity index (χ3v) is 6.83. The first-order valence-electron chi connectivity index (χ1n) is 15.8. The molecule has 0 radical (unpaired) electrons. The van der Waals surface area contributed by atoms with Crippen molar-refractivity contribution in [3.8, 4) is 22.4 Å². The Bertz CT molecular complexity index is 1940. The molecule has 3 aromatic heterocycles. The predicted molar refractivity (Wildman–Crippen MR) is 135 cm³/mol. The molecule has 3 heteroatoms. The van der Waals surface area contributed by atoms with Crippen LogP contribution in [-0.2, 0) is 12.5 Å². The highest BCUT2D eigenvalue weighted by molar-refractivity contribution is 6.12. The Morgan fingerprint density at radius 2 is 1.91 bits per heavy atom. The molecule has 3 nitrogen and oxygen atoms in total. The van der Waals surface area contributed by atoms with E-state index in [4.69, 9.17) is 23.1 Å². The zero-order chi connectivity index (χ0) is 31.5. The van der Waals surface area contributed by atoms with Crippen LogP contribution in [0.4, 0.5) is 0 Å². The fraction of sp³-hybridized carbons (Fsp3) is 0.267. The number of furan rings is 1. The molecule has 0 saturated carbocycles. The Balaban J connectivity index is 1.68. The number of hydrogen-bond acceptors (Lipinski definition) is 2. The summed E-state index contributed by atoms with van der Waals surface area (Å²) in [4.78, 5) is 4.71. The van der Waals surface area contributed by atoms with Crippen molar-refractivity contribution in [1.29, 1.82) is 0 Å². The van der Waals surface area contributed by atoms with Crippen LogP contribution in [0.25, 0.3) is 44.5 Å². The van der Waals surface area contributed by atoms with Crippen LogP contribution < -0.4 is 4.57 Å². The third-order valence-electron chi connectivity index (χ3n) is 6.83. The average Bonchev–Trinajstić information content (AvgIpc) is 3.41. The van der Waals surface area contributed by atoms with Gasteiger partial charge in [-0.3, -0.25) is 4.98 Å². The quantitative estimate of drug-likeness (QED) is 0.270. The van der Waals surface area contributed by atoms with Gasteiger partial charge in [0.25, 0.3) is 0 Å². The summed E-state index contributed by atoms with van der Waals surface area (Å²) in [5.74, 6) is -2.87. The predicted octanol–water partition coefficient (Wildman–Crippen LogP) is 7.21. The monoisotopic (exact) mass is 443 g/mol. The molecular formula is C30H29N2O+. The Labute approximate surface area is 208 Å². The first-order chi connectivity index (χ1) is 19.8. The lowest BCUT2D eigenvalue weighted by Gasteiger charge is -2.20. The van der Waals surface area contributed by atoms with Crippen molar-refractivity contribution in [3.05, 3.63) is 83.2 Å². The second-order valence-corrected chi connectivity index (χ2v) is 8.92. The first kappa shape index (κ1) is 12.1. The normalized spacial score (nSPS) is 23.1. The van der Waals surface area contributed by atoms with Crippen LogP contribution in [0.2, 0.25) is 0 Å². The Morgan fingerprint density at radius 1 is 1.06 bits per heavy atom. The lowest BCUT2D eigenvalue weighted by molar-refractivity contribution is -0.660. The summed E-state index contributed by atoms with van der Waals surface area (Å²) in [5, 5.41) is 0.660. The molecule has 1 unspecified atom stereocenters. The molecule has 1 aliphatic carbocycles. The van der Waals surface area contributed by atoms with Crippen molar-refractivity contribution < 1.29 is 22.7 Å². The Kier molecular flexibility index (Phi) is 2.49. The van der Waals surface area contributed by atoms with Gasteiger partial charge in [-0.2, -0.15) is 0 Å². The minimum Gasteiger partial charge on any atom is -0.453 e. The molecule has 33 heavy (non-hydrogen) atoms. The van der Waals surface area contributed by atoms with Gasteiger partial charge in [-0.15, -0.1) is 0 Å². The molecule has 0 amide bonds. The lowest BCUT2D eigenvalue weighted by atomic mass is 9.83. The summed E-state index contributed by atoms with van der Waals surface area (Å²) in [5.41, 5.74) is 4.34. The van der Waals surface area contributed by atoms with E-state index >= 15 is 0 Å². The number of benzene rings is 2. The van der Waals surface area contributed by atoms with Crippen LogP contribution in [0.3, 0.4) is 0 Å². The van der Waals surface area contributed by atoms with Crippen LogP contribution in [0.5, 0.6) is 0 Å². The van der Waals surface area contributed by atoms with Crippen molar-refractivity contribution in [2.75, 3.05) is 0 Å². The van der Waals surface area contributed by atoms with Crippen molar-refractivity contribution >= 4 is 22.1 Å². The summed E-state index contributed by atoms with van der Waals surface area (Å²) < 4.78 is 90.2. The van der Waals surface area contributed by atoms with Crippen LogP contribution in [0, 0.1) is 6.92 Å². The lowest BCUT2D eigenvalue weighted by Crippen LogP contribution is -2.31. The number of aryl methyl sites for hydroxylation is 2. The molecule has 0 saturated heterocycles. The van der Waals surface area contributed by atoms with Crippen molar-refractivity contribution in [3.63, 3.8) is 0 Å². The van der Waals surface area contributed by atoms with Crippen molar-refractivity contribution in [1.82, 2.24) is 4.98 Å². The molecule has 1 aliphatic rings. The van der Waals surface area contributed by atoms with E-state index < -0.39 is 31.9 Å². The molecule has 164 valence electrons. The van der Waals surface area contributed by atoms with E-state index in [0.29, 0.717) is 50.0 Å². The maximum atomic E-state index is 8.73. The van der Waals surface area contributed by atoms with Gasteiger partial charge < -0.3 is 4.42 Å². The van der Waals surface area contributed by atoms with Gasteiger partial charge >= 0.3 is 0 Å². The van der Waals surface area contributed by atoms with Gasteiger partial charge in [0.2, 0.25) is 5.69 Å².